The first kappa shape index (κ1) is 14.9. The maximum absolute atomic E-state index is 12.2. The van der Waals surface area contributed by atoms with E-state index in [-0.39, 0.29) is 5.91 Å². The molecule has 110 valence electrons. The molecule has 1 aliphatic heterocycles. The Labute approximate surface area is 121 Å². The predicted octanol–water partition coefficient (Wildman–Crippen LogP) is 1.84. The first-order chi connectivity index (χ1) is 9.69. The molecule has 4 heteroatoms. The van der Waals surface area contributed by atoms with Gasteiger partial charge in [0.15, 0.2) is 0 Å². The average molecular weight is 276 g/mol. The van der Waals surface area contributed by atoms with Gasteiger partial charge in [-0.3, -0.25) is 4.79 Å². The van der Waals surface area contributed by atoms with Crippen LogP contribution in [-0.2, 0) is 11.2 Å². The van der Waals surface area contributed by atoms with Crippen molar-refractivity contribution in [2.24, 2.45) is 0 Å². The van der Waals surface area contributed by atoms with Crippen molar-refractivity contribution in [2.45, 2.75) is 31.7 Å². The molecule has 0 radical (unpaired) electrons. The van der Waals surface area contributed by atoms with E-state index >= 15 is 0 Å². The van der Waals surface area contributed by atoms with Crippen molar-refractivity contribution in [3.8, 4) is 5.75 Å². The van der Waals surface area contributed by atoms with Crippen LogP contribution in [0, 0.1) is 0 Å². The van der Waals surface area contributed by atoms with Gasteiger partial charge in [0.2, 0.25) is 5.91 Å². The van der Waals surface area contributed by atoms with Crippen molar-refractivity contribution in [2.75, 3.05) is 27.2 Å². The third-order valence-electron chi connectivity index (χ3n) is 3.82. The predicted molar refractivity (Wildman–Crippen MR) is 80.0 cm³/mol. The Hall–Kier alpha value is -1.55. The van der Waals surface area contributed by atoms with Gasteiger partial charge in [-0.1, -0.05) is 18.6 Å². The average Bonchev–Trinajstić information content (AvgIpc) is 2.48. The van der Waals surface area contributed by atoms with Crippen LogP contribution in [0.4, 0.5) is 0 Å². The van der Waals surface area contributed by atoms with Gasteiger partial charge in [-0.2, -0.15) is 0 Å². The van der Waals surface area contributed by atoms with Gasteiger partial charge in [0.1, 0.15) is 5.75 Å². The number of piperidine rings is 1. The summed E-state index contributed by atoms with van der Waals surface area (Å²) in [6.07, 6.45) is 4.10. The molecule has 1 amide bonds. The summed E-state index contributed by atoms with van der Waals surface area (Å²) in [5.74, 6) is 0.956. The third kappa shape index (κ3) is 4.23. The topological polar surface area (TPSA) is 41.6 Å². The van der Waals surface area contributed by atoms with E-state index in [4.69, 9.17) is 4.74 Å². The van der Waals surface area contributed by atoms with Gasteiger partial charge in [-0.25, -0.2) is 0 Å². The normalized spacial score (nSPS) is 18.6. The highest BCUT2D eigenvalue weighted by atomic mass is 16.5. The molecule has 1 atom stereocenters. The monoisotopic (exact) mass is 276 g/mol. The molecule has 1 unspecified atom stereocenters. The first-order valence-corrected chi connectivity index (χ1v) is 7.29. The molecular formula is C16H24N2O2. The lowest BCUT2D eigenvalue weighted by atomic mass is 10.0. The molecule has 0 aromatic heterocycles. The minimum Gasteiger partial charge on any atom is -0.497 e. The Morgan fingerprint density at radius 3 is 3.00 bits per heavy atom. The molecule has 1 saturated heterocycles. The van der Waals surface area contributed by atoms with E-state index in [0.717, 1.165) is 30.8 Å². The van der Waals surface area contributed by atoms with E-state index in [2.05, 4.69) is 5.32 Å². The highest BCUT2D eigenvalue weighted by molar-refractivity contribution is 5.78. The van der Waals surface area contributed by atoms with E-state index in [1.54, 1.807) is 7.11 Å². The maximum Gasteiger partial charge on any atom is 0.226 e. The second-order valence-electron chi connectivity index (χ2n) is 5.45. The summed E-state index contributed by atoms with van der Waals surface area (Å²) in [7, 11) is 3.53. The molecule has 0 aliphatic carbocycles. The third-order valence-corrected chi connectivity index (χ3v) is 3.82. The Morgan fingerprint density at radius 2 is 2.30 bits per heavy atom. The van der Waals surface area contributed by atoms with Crippen LogP contribution < -0.4 is 10.1 Å². The van der Waals surface area contributed by atoms with Crippen LogP contribution in [-0.4, -0.2) is 44.1 Å². The largest absolute Gasteiger partial charge is 0.497 e. The molecule has 1 aliphatic rings. The Kier molecular flexibility index (Phi) is 5.41. The molecule has 2 rings (SSSR count). The number of ether oxygens (including phenoxy) is 1. The number of hydrogen-bond donors (Lipinski definition) is 1. The van der Waals surface area contributed by atoms with Crippen molar-refractivity contribution >= 4 is 5.91 Å². The van der Waals surface area contributed by atoms with Crippen LogP contribution in [0.1, 0.15) is 24.8 Å². The molecule has 1 fully saturated rings. The zero-order valence-corrected chi connectivity index (χ0v) is 12.4. The molecule has 1 N–H and O–H groups in total. The number of nitrogens with one attached hydrogen (secondary N) is 1. The van der Waals surface area contributed by atoms with Gasteiger partial charge in [-0.15, -0.1) is 0 Å². The van der Waals surface area contributed by atoms with E-state index in [1.165, 1.54) is 12.8 Å². The van der Waals surface area contributed by atoms with E-state index in [1.807, 2.05) is 36.2 Å². The van der Waals surface area contributed by atoms with Gasteiger partial charge in [0.25, 0.3) is 0 Å². The standard InChI is InChI=1S/C16H24N2O2/c1-18(12-14-7-3-4-9-17-14)16(19)11-13-6-5-8-15(10-13)20-2/h5-6,8,10,14,17H,3-4,7,9,11-12H2,1-2H3. The molecule has 1 aromatic carbocycles. The smallest absolute Gasteiger partial charge is 0.226 e. The van der Waals surface area contributed by atoms with Crippen molar-refractivity contribution in [3.05, 3.63) is 29.8 Å². The van der Waals surface area contributed by atoms with Crippen LogP contribution in [0.25, 0.3) is 0 Å². The first-order valence-electron chi connectivity index (χ1n) is 7.29. The number of rotatable bonds is 5. The van der Waals surface area contributed by atoms with Crippen molar-refractivity contribution < 1.29 is 9.53 Å². The minimum absolute atomic E-state index is 0.158. The lowest BCUT2D eigenvalue weighted by Crippen LogP contribution is -2.44. The molecule has 1 aromatic rings. The summed E-state index contributed by atoms with van der Waals surface area (Å²) in [5.41, 5.74) is 0.998. The highest BCUT2D eigenvalue weighted by Gasteiger charge is 2.17. The zero-order chi connectivity index (χ0) is 14.4. The summed E-state index contributed by atoms with van der Waals surface area (Å²) >= 11 is 0. The molecule has 0 saturated carbocycles. The van der Waals surface area contributed by atoms with E-state index in [9.17, 15) is 4.79 Å². The van der Waals surface area contributed by atoms with Crippen LogP contribution >= 0.6 is 0 Å². The Balaban J connectivity index is 1.86. The molecule has 0 spiro atoms. The Morgan fingerprint density at radius 1 is 1.45 bits per heavy atom. The molecule has 4 nitrogen and oxygen atoms in total. The number of amides is 1. The van der Waals surface area contributed by atoms with Crippen LogP contribution in [0.5, 0.6) is 5.75 Å². The molecule has 1 heterocycles. The van der Waals surface area contributed by atoms with Crippen molar-refractivity contribution in [1.29, 1.82) is 0 Å². The van der Waals surface area contributed by atoms with Crippen molar-refractivity contribution in [1.82, 2.24) is 10.2 Å². The van der Waals surface area contributed by atoms with Gasteiger partial charge in [0, 0.05) is 19.6 Å². The summed E-state index contributed by atoms with van der Waals surface area (Å²) < 4.78 is 5.18. The number of likely N-dealkylation sites (N-methyl/N-ethyl adjacent to an activating group) is 1. The van der Waals surface area contributed by atoms with Crippen molar-refractivity contribution in [3.63, 3.8) is 0 Å². The molecule has 20 heavy (non-hydrogen) atoms. The van der Waals surface area contributed by atoms with Gasteiger partial charge >= 0.3 is 0 Å². The fraction of sp³-hybridized carbons (Fsp3) is 0.562. The number of benzene rings is 1. The summed E-state index contributed by atoms with van der Waals surface area (Å²) in [4.78, 5) is 14.1. The quantitative estimate of drug-likeness (QED) is 0.892. The summed E-state index contributed by atoms with van der Waals surface area (Å²) in [6, 6.07) is 8.15. The van der Waals surface area contributed by atoms with Crippen LogP contribution in [0.3, 0.4) is 0 Å². The van der Waals surface area contributed by atoms with Gasteiger partial charge in [0.05, 0.1) is 13.5 Å². The number of carbonyl (C=O) groups is 1. The summed E-state index contributed by atoms with van der Waals surface area (Å²) in [5, 5.41) is 3.47. The van der Waals surface area contributed by atoms with E-state index in [0.29, 0.717) is 12.5 Å². The lowest BCUT2D eigenvalue weighted by molar-refractivity contribution is -0.129. The van der Waals surface area contributed by atoms with Gasteiger partial charge < -0.3 is 15.0 Å². The number of methoxy groups -OCH3 is 1. The van der Waals surface area contributed by atoms with E-state index < -0.39 is 0 Å². The highest BCUT2D eigenvalue weighted by Crippen LogP contribution is 2.14. The fourth-order valence-electron chi connectivity index (χ4n) is 2.60. The minimum atomic E-state index is 0.158. The fourth-order valence-corrected chi connectivity index (χ4v) is 2.60. The summed E-state index contributed by atoms with van der Waals surface area (Å²) in [6.45, 7) is 1.87. The second-order valence-corrected chi connectivity index (χ2v) is 5.45. The van der Waals surface area contributed by atoms with Crippen LogP contribution in [0.15, 0.2) is 24.3 Å². The second kappa shape index (κ2) is 7.29. The van der Waals surface area contributed by atoms with Crippen LogP contribution in [0.2, 0.25) is 0 Å². The zero-order valence-electron chi connectivity index (χ0n) is 12.4. The SMILES string of the molecule is COc1cccc(CC(=O)N(C)CC2CCCCN2)c1. The number of hydrogen-bond acceptors (Lipinski definition) is 3. The lowest BCUT2D eigenvalue weighted by Gasteiger charge is -2.28. The molecule has 0 bridgehead atoms. The Bertz CT molecular complexity index is 442. The number of nitrogens with zero attached hydrogens (tertiary/aromatic N) is 1. The number of carbonyl (C=O) groups excluding carboxylic acids is 1. The molecular weight excluding hydrogens is 252 g/mol. The maximum atomic E-state index is 12.2. The van der Waals surface area contributed by atoms with Gasteiger partial charge in [-0.05, 0) is 37.1 Å².